The molecule has 0 bridgehead atoms. The monoisotopic (exact) mass is 287 g/mol. The van der Waals surface area contributed by atoms with E-state index >= 15 is 0 Å². The van der Waals surface area contributed by atoms with E-state index in [0.717, 1.165) is 31.7 Å². The largest absolute Gasteiger partial charge is 0.372 e. The van der Waals surface area contributed by atoms with Crippen LogP contribution in [0.25, 0.3) is 0 Å². The topological polar surface area (TPSA) is 19.9 Å². The summed E-state index contributed by atoms with van der Waals surface area (Å²) in [6.07, 6.45) is 0. The zero-order chi connectivity index (χ0) is 15.1. The summed E-state index contributed by atoms with van der Waals surface area (Å²) in [4.78, 5) is 2.34. The average molecular weight is 287 g/mol. The Bertz CT molecular complexity index is 530. The smallest absolute Gasteiger partial charge is 0.123 e. The lowest BCUT2D eigenvalue weighted by Crippen LogP contribution is -2.80. The molecule has 0 heterocycles. The number of benzene rings is 2. The van der Waals surface area contributed by atoms with E-state index < -0.39 is 0 Å². The summed E-state index contributed by atoms with van der Waals surface area (Å²) in [7, 11) is 0. The Labute approximate surface area is 126 Å². The van der Waals surface area contributed by atoms with E-state index in [2.05, 4.69) is 48.3 Å². The predicted octanol–water partition coefficient (Wildman–Crippen LogP) is 2.94. The number of rotatable bonds is 7. The Kier molecular flexibility index (Phi) is 5.76. The summed E-state index contributed by atoms with van der Waals surface area (Å²) < 4.78 is 12.8. The molecular formula is C18H24FN2+. The standard InChI is InChI=1S/C18H23FN2/c1-3-21(4-2)18-11-7-16(8-12-18)14-20-13-15-5-9-17(19)10-6-15/h5-12,20H,3-4,13-14H2,1-2H3/p+1. The van der Waals surface area contributed by atoms with E-state index in [1.54, 1.807) is 0 Å². The quantitative estimate of drug-likeness (QED) is 0.830. The number of hydrogen-bond acceptors (Lipinski definition) is 1. The number of nitrogens with zero attached hydrogens (tertiary/aromatic N) is 1. The minimum atomic E-state index is -0.175. The number of halogens is 1. The summed E-state index contributed by atoms with van der Waals surface area (Å²) in [6.45, 7) is 8.23. The van der Waals surface area contributed by atoms with Gasteiger partial charge in [-0.3, -0.25) is 0 Å². The van der Waals surface area contributed by atoms with E-state index in [1.807, 2.05) is 12.1 Å². The van der Waals surface area contributed by atoms with E-state index in [4.69, 9.17) is 0 Å². The summed E-state index contributed by atoms with van der Waals surface area (Å²) in [5, 5.41) is 2.24. The molecule has 0 aromatic heterocycles. The van der Waals surface area contributed by atoms with Crippen LogP contribution in [0.2, 0.25) is 0 Å². The summed E-state index contributed by atoms with van der Waals surface area (Å²) in [5.74, 6) is -0.175. The lowest BCUT2D eigenvalue weighted by Gasteiger charge is -2.21. The average Bonchev–Trinajstić information content (AvgIpc) is 2.52. The molecule has 2 aromatic carbocycles. The zero-order valence-electron chi connectivity index (χ0n) is 12.8. The van der Waals surface area contributed by atoms with Crippen molar-refractivity contribution in [2.24, 2.45) is 0 Å². The highest BCUT2D eigenvalue weighted by Crippen LogP contribution is 2.14. The van der Waals surface area contributed by atoms with Gasteiger partial charge in [-0.2, -0.15) is 0 Å². The lowest BCUT2D eigenvalue weighted by molar-refractivity contribution is -0.686. The molecule has 2 rings (SSSR count). The van der Waals surface area contributed by atoms with Gasteiger partial charge in [0.05, 0.1) is 0 Å². The van der Waals surface area contributed by atoms with Crippen molar-refractivity contribution in [1.29, 1.82) is 0 Å². The van der Waals surface area contributed by atoms with Gasteiger partial charge < -0.3 is 10.2 Å². The molecule has 112 valence electrons. The molecule has 0 spiro atoms. The molecule has 2 N–H and O–H groups in total. The minimum Gasteiger partial charge on any atom is -0.372 e. The van der Waals surface area contributed by atoms with Crippen LogP contribution in [0.4, 0.5) is 10.1 Å². The van der Waals surface area contributed by atoms with Gasteiger partial charge in [0.25, 0.3) is 0 Å². The Balaban J connectivity index is 1.84. The van der Waals surface area contributed by atoms with E-state index in [1.165, 1.54) is 23.4 Å². The number of quaternary nitrogens is 1. The Morgan fingerprint density at radius 2 is 1.29 bits per heavy atom. The van der Waals surface area contributed by atoms with Crippen molar-refractivity contribution < 1.29 is 9.71 Å². The molecule has 0 saturated heterocycles. The van der Waals surface area contributed by atoms with Gasteiger partial charge in [0.2, 0.25) is 0 Å². The van der Waals surface area contributed by atoms with Crippen molar-refractivity contribution in [2.75, 3.05) is 18.0 Å². The molecule has 2 nitrogen and oxygen atoms in total. The van der Waals surface area contributed by atoms with Crippen molar-refractivity contribution in [3.63, 3.8) is 0 Å². The van der Waals surface area contributed by atoms with Crippen molar-refractivity contribution in [2.45, 2.75) is 26.9 Å². The number of nitrogens with two attached hydrogens (primary N) is 1. The zero-order valence-corrected chi connectivity index (χ0v) is 12.8. The van der Waals surface area contributed by atoms with Gasteiger partial charge in [0.1, 0.15) is 18.9 Å². The van der Waals surface area contributed by atoms with Crippen molar-refractivity contribution in [3.05, 3.63) is 65.5 Å². The van der Waals surface area contributed by atoms with Crippen LogP contribution in [-0.2, 0) is 13.1 Å². The molecule has 2 aromatic rings. The molecular weight excluding hydrogens is 263 g/mol. The summed E-state index contributed by atoms with van der Waals surface area (Å²) in [6, 6.07) is 15.5. The van der Waals surface area contributed by atoms with Crippen molar-refractivity contribution in [3.8, 4) is 0 Å². The van der Waals surface area contributed by atoms with Crippen LogP contribution in [0.15, 0.2) is 48.5 Å². The molecule has 0 unspecified atom stereocenters. The van der Waals surface area contributed by atoms with Gasteiger partial charge >= 0.3 is 0 Å². The Morgan fingerprint density at radius 1 is 0.810 bits per heavy atom. The number of anilines is 1. The van der Waals surface area contributed by atoms with Gasteiger partial charge in [-0.25, -0.2) is 4.39 Å². The second kappa shape index (κ2) is 7.79. The van der Waals surface area contributed by atoms with Crippen molar-refractivity contribution >= 4 is 5.69 Å². The van der Waals surface area contributed by atoms with Crippen LogP contribution in [0.5, 0.6) is 0 Å². The highest BCUT2D eigenvalue weighted by molar-refractivity contribution is 5.47. The first-order chi connectivity index (χ1) is 10.2. The third-order valence-electron chi connectivity index (χ3n) is 3.74. The molecule has 0 atom stereocenters. The van der Waals surface area contributed by atoms with Gasteiger partial charge in [-0.05, 0) is 38.1 Å². The van der Waals surface area contributed by atoms with Gasteiger partial charge in [0, 0.05) is 29.9 Å². The van der Waals surface area contributed by atoms with Crippen LogP contribution in [0.3, 0.4) is 0 Å². The molecule has 0 aliphatic heterocycles. The summed E-state index contributed by atoms with van der Waals surface area (Å²) >= 11 is 0. The molecule has 0 radical (unpaired) electrons. The third-order valence-corrected chi connectivity index (χ3v) is 3.74. The first-order valence-corrected chi connectivity index (χ1v) is 7.63. The first kappa shape index (κ1) is 15.5. The van der Waals surface area contributed by atoms with Crippen LogP contribution in [-0.4, -0.2) is 13.1 Å². The fraction of sp³-hybridized carbons (Fsp3) is 0.333. The van der Waals surface area contributed by atoms with Crippen LogP contribution in [0.1, 0.15) is 25.0 Å². The second-order valence-electron chi connectivity index (χ2n) is 5.16. The molecule has 0 aliphatic rings. The second-order valence-corrected chi connectivity index (χ2v) is 5.16. The Hall–Kier alpha value is -1.87. The van der Waals surface area contributed by atoms with Gasteiger partial charge in [-0.1, -0.05) is 24.3 Å². The molecule has 21 heavy (non-hydrogen) atoms. The highest BCUT2D eigenvalue weighted by Gasteiger charge is 2.02. The maximum absolute atomic E-state index is 12.8. The maximum atomic E-state index is 12.8. The maximum Gasteiger partial charge on any atom is 0.123 e. The van der Waals surface area contributed by atoms with E-state index in [-0.39, 0.29) is 5.82 Å². The van der Waals surface area contributed by atoms with E-state index in [9.17, 15) is 4.39 Å². The molecule has 0 amide bonds. The molecule has 0 aliphatic carbocycles. The molecule has 3 heteroatoms. The fourth-order valence-corrected chi connectivity index (χ4v) is 2.46. The molecule has 0 fully saturated rings. The fourth-order valence-electron chi connectivity index (χ4n) is 2.46. The Morgan fingerprint density at radius 3 is 1.76 bits per heavy atom. The minimum absolute atomic E-state index is 0.175. The van der Waals surface area contributed by atoms with Crippen molar-refractivity contribution in [1.82, 2.24) is 0 Å². The number of hydrogen-bond donors (Lipinski definition) is 1. The van der Waals surface area contributed by atoms with Crippen LogP contribution in [0, 0.1) is 5.82 Å². The molecule has 0 saturated carbocycles. The normalized spacial score (nSPS) is 10.6. The summed E-state index contributed by atoms with van der Waals surface area (Å²) in [5.41, 5.74) is 3.74. The van der Waals surface area contributed by atoms with Crippen LogP contribution >= 0.6 is 0 Å². The van der Waals surface area contributed by atoms with Crippen LogP contribution < -0.4 is 10.2 Å². The van der Waals surface area contributed by atoms with Gasteiger partial charge in [-0.15, -0.1) is 0 Å². The highest BCUT2D eigenvalue weighted by atomic mass is 19.1. The predicted molar refractivity (Wildman–Crippen MR) is 85.7 cm³/mol. The SMILES string of the molecule is CCN(CC)c1ccc(C[NH2+]Cc2ccc(F)cc2)cc1. The van der Waals surface area contributed by atoms with Gasteiger partial charge in [0.15, 0.2) is 0 Å². The lowest BCUT2D eigenvalue weighted by atomic mass is 10.1. The third kappa shape index (κ3) is 4.57. The first-order valence-electron chi connectivity index (χ1n) is 7.63. The van der Waals surface area contributed by atoms with E-state index in [0.29, 0.717) is 0 Å².